The highest BCUT2D eigenvalue weighted by molar-refractivity contribution is 8.01. The Morgan fingerprint density at radius 1 is 1.07 bits per heavy atom. The Hall–Kier alpha value is -2.46. The molecule has 0 unspecified atom stereocenters. The first-order valence-corrected chi connectivity index (χ1v) is 9.72. The molecule has 0 N–H and O–H groups in total. The lowest BCUT2D eigenvalue weighted by atomic mass is 10.1. The Labute approximate surface area is 164 Å². The van der Waals surface area contributed by atoms with Gasteiger partial charge in [0.1, 0.15) is 30.2 Å². The molecular weight excluding hydrogens is 356 g/mol. The number of aldehydes is 1. The standard InChI is InChI=1S/C23H24O3S/c1-16-8-10-18(11-9-16)22-12-19(17(2)26-22)14-25-20-6-5-7-21(13-20)27-23(3,4)15-24/h5-13,15H,14H2,1-4H3. The van der Waals surface area contributed by atoms with Gasteiger partial charge in [-0.05, 0) is 52.0 Å². The minimum atomic E-state index is -0.456. The molecule has 0 atom stereocenters. The summed E-state index contributed by atoms with van der Waals surface area (Å²) >= 11 is 1.52. The van der Waals surface area contributed by atoms with Gasteiger partial charge in [0.25, 0.3) is 0 Å². The minimum absolute atomic E-state index is 0.437. The third kappa shape index (κ3) is 5.04. The van der Waals surface area contributed by atoms with E-state index in [4.69, 9.17) is 9.15 Å². The molecule has 0 bridgehead atoms. The lowest BCUT2D eigenvalue weighted by Crippen LogP contribution is -2.15. The van der Waals surface area contributed by atoms with Crippen molar-refractivity contribution in [3.63, 3.8) is 0 Å². The van der Waals surface area contributed by atoms with E-state index >= 15 is 0 Å². The van der Waals surface area contributed by atoms with Gasteiger partial charge in [0.2, 0.25) is 0 Å². The zero-order valence-electron chi connectivity index (χ0n) is 16.1. The predicted molar refractivity (Wildman–Crippen MR) is 110 cm³/mol. The first kappa shape index (κ1) is 19.3. The zero-order valence-corrected chi connectivity index (χ0v) is 16.9. The van der Waals surface area contributed by atoms with Crippen molar-refractivity contribution in [1.82, 2.24) is 0 Å². The molecule has 0 saturated heterocycles. The van der Waals surface area contributed by atoms with Gasteiger partial charge < -0.3 is 13.9 Å². The summed E-state index contributed by atoms with van der Waals surface area (Å²) in [6, 6.07) is 18.1. The molecule has 3 rings (SSSR count). The number of benzene rings is 2. The highest BCUT2D eigenvalue weighted by atomic mass is 32.2. The van der Waals surface area contributed by atoms with Gasteiger partial charge in [-0.15, -0.1) is 11.8 Å². The number of carbonyl (C=O) groups is 1. The van der Waals surface area contributed by atoms with Crippen LogP contribution in [-0.2, 0) is 11.4 Å². The molecule has 140 valence electrons. The Morgan fingerprint density at radius 2 is 1.81 bits per heavy atom. The average molecular weight is 381 g/mol. The largest absolute Gasteiger partial charge is 0.489 e. The molecule has 27 heavy (non-hydrogen) atoms. The van der Waals surface area contributed by atoms with Gasteiger partial charge in [0, 0.05) is 16.0 Å². The van der Waals surface area contributed by atoms with Gasteiger partial charge in [-0.25, -0.2) is 0 Å². The van der Waals surface area contributed by atoms with E-state index in [-0.39, 0.29) is 0 Å². The van der Waals surface area contributed by atoms with E-state index in [1.54, 1.807) is 0 Å². The van der Waals surface area contributed by atoms with Crippen LogP contribution in [0.5, 0.6) is 5.75 Å². The summed E-state index contributed by atoms with van der Waals surface area (Å²) in [5, 5.41) is 0. The highest BCUT2D eigenvalue weighted by Gasteiger charge is 2.18. The maximum absolute atomic E-state index is 11.1. The normalized spacial score (nSPS) is 11.4. The van der Waals surface area contributed by atoms with Crippen molar-refractivity contribution in [2.75, 3.05) is 0 Å². The van der Waals surface area contributed by atoms with E-state index < -0.39 is 4.75 Å². The molecule has 0 fully saturated rings. The van der Waals surface area contributed by atoms with Gasteiger partial charge in [0.15, 0.2) is 0 Å². The molecule has 4 heteroatoms. The summed E-state index contributed by atoms with van der Waals surface area (Å²) in [6.45, 7) is 8.26. The average Bonchev–Trinajstić information content (AvgIpc) is 3.01. The van der Waals surface area contributed by atoms with Gasteiger partial charge >= 0.3 is 0 Å². The van der Waals surface area contributed by atoms with Crippen molar-refractivity contribution in [1.29, 1.82) is 0 Å². The summed E-state index contributed by atoms with van der Waals surface area (Å²) in [6.07, 6.45) is 0.965. The first-order valence-electron chi connectivity index (χ1n) is 8.91. The molecule has 0 aliphatic rings. The fraction of sp³-hybridized carbons (Fsp3) is 0.261. The number of thioether (sulfide) groups is 1. The third-order valence-corrected chi connectivity index (χ3v) is 5.33. The van der Waals surface area contributed by atoms with Crippen LogP contribution >= 0.6 is 11.8 Å². The van der Waals surface area contributed by atoms with E-state index in [1.807, 2.05) is 51.1 Å². The van der Waals surface area contributed by atoms with Crippen LogP contribution in [0.1, 0.15) is 30.7 Å². The van der Waals surface area contributed by atoms with Gasteiger partial charge in [-0.2, -0.15) is 0 Å². The van der Waals surface area contributed by atoms with Crippen LogP contribution in [-0.4, -0.2) is 11.0 Å². The van der Waals surface area contributed by atoms with Gasteiger partial charge in [-0.1, -0.05) is 35.9 Å². The smallest absolute Gasteiger partial charge is 0.135 e. The lowest BCUT2D eigenvalue weighted by Gasteiger charge is -2.16. The summed E-state index contributed by atoms with van der Waals surface area (Å²) in [5.74, 6) is 2.49. The molecular formula is C23H24O3S. The van der Waals surface area contributed by atoms with Crippen LogP contribution in [0.4, 0.5) is 0 Å². The van der Waals surface area contributed by atoms with E-state index in [2.05, 4.69) is 31.2 Å². The highest BCUT2D eigenvalue weighted by Crippen LogP contribution is 2.33. The minimum Gasteiger partial charge on any atom is -0.489 e. The SMILES string of the molecule is Cc1ccc(-c2cc(COc3cccc(SC(C)(C)C=O)c3)c(C)o2)cc1. The number of carbonyl (C=O) groups excluding carboxylic acids is 1. The van der Waals surface area contributed by atoms with E-state index in [1.165, 1.54) is 17.3 Å². The van der Waals surface area contributed by atoms with E-state index in [9.17, 15) is 4.79 Å². The number of hydrogen-bond acceptors (Lipinski definition) is 4. The Bertz CT molecular complexity index is 923. The maximum Gasteiger partial charge on any atom is 0.135 e. The summed E-state index contributed by atoms with van der Waals surface area (Å²) < 4.78 is 11.4. The van der Waals surface area contributed by atoms with Crippen LogP contribution in [0.25, 0.3) is 11.3 Å². The van der Waals surface area contributed by atoms with Crippen LogP contribution in [0.15, 0.2) is 63.9 Å². The second kappa shape index (κ2) is 8.05. The fourth-order valence-corrected chi connectivity index (χ4v) is 3.62. The topological polar surface area (TPSA) is 39.4 Å². The molecule has 0 saturated carbocycles. The lowest BCUT2D eigenvalue weighted by molar-refractivity contribution is -0.109. The molecule has 2 aromatic carbocycles. The molecule has 0 aliphatic carbocycles. The number of furan rings is 1. The number of ether oxygens (including phenoxy) is 1. The Balaban J connectivity index is 1.70. The molecule has 0 aliphatic heterocycles. The zero-order chi connectivity index (χ0) is 19.4. The quantitative estimate of drug-likeness (QED) is 0.361. The summed E-state index contributed by atoms with van der Waals surface area (Å²) in [5.41, 5.74) is 3.31. The van der Waals surface area contributed by atoms with Crippen molar-refractivity contribution in [2.24, 2.45) is 0 Å². The monoisotopic (exact) mass is 380 g/mol. The van der Waals surface area contributed by atoms with Crippen LogP contribution < -0.4 is 4.74 Å². The van der Waals surface area contributed by atoms with Crippen molar-refractivity contribution < 1.29 is 13.9 Å². The second-order valence-corrected chi connectivity index (χ2v) is 8.87. The van der Waals surface area contributed by atoms with Crippen molar-refractivity contribution in [3.05, 3.63) is 71.5 Å². The number of rotatable bonds is 7. The van der Waals surface area contributed by atoms with E-state index in [0.717, 1.165) is 39.6 Å². The molecule has 1 heterocycles. The first-order chi connectivity index (χ1) is 12.9. The van der Waals surface area contributed by atoms with Gasteiger partial charge in [-0.3, -0.25) is 0 Å². The second-order valence-electron chi connectivity index (χ2n) is 7.14. The van der Waals surface area contributed by atoms with Crippen molar-refractivity contribution in [2.45, 2.75) is 43.9 Å². The van der Waals surface area contributed by atoms with Crippen LogP contribution in [0.3, 0.4) is 0 Å². The molecule has 0 radical (unpaired) electrons. The Kier molecular flexibility index (Phi) is 5.76. The Morgan fingerprint density at radius 3 is 2.52 bits per heavy atom. The van der Waals surface area contributed by atoms with Gasteiger partial charge in [0.05, 0.1) is 4.75 Å². The maximum atomic E-state index is 11.1. The molecule has 1 aromatic heterocycles. The number of hydrogen-bond donors (Lipinski definition) is 0. The molecule has 3 nitrogen and oxygen atoms in total. The van der Waals surface area contributed by atoms with Crippen molar-refractivity contribution >= 4 is 18.0 Å². The molecule has 0 amide bonds. The summed E-state index contributed by atoms with van der Waals surface area (Å²) in [7, 11) is 0. The summed E-state index contributed by atoms with van der Waals surface area (Å²) in [4.78, 5) is 12.1. The molecule has 3 aromatic rings. The van der Waals surface area contributed by atoms with Crippen LogP contribution in [0, 0.1) is 13.8 Å². The number of aryl methyl sites for hydroxylation is 2. The molecule has 0 spiro atoms. The third-order valence-electron chi connectivity index (χ3n) is 4.22. The fourth-order valence-electron chi connectivity index (χ4n) is 2.64. The van der Waals surface area contributed by atoms with Crippen molar-refractivity contribution in [3.8, 4) is 17.1 Å². The van der Waals surface area contributed by atoms with E-state index in [0.29, 0.717) is 6.61 Å². The predicted octanol–water partition coefficient (Wildman–Crippen LogP) is 6.21. The van der Waals surface area contributed by atoms with Crippen LogP contribution in [0.2, 0.25) is 0 Å².